The maximum absolute atomic E-state index is 12.0. The normalized spacial score (nSPS) is 17.2. The number of aliphatic hydroxyl groups is 1. The molecule has 1 N–H and O–H groups in total. The number of allylic oxidation sites excluding steroid dienone is 3. The average Bonchev–Trinajstić information content (AvgIpc) is 2.27. The van der Waals surface area contributed by atoms with Crippen LogP contribution in [0.1, 0.15) is 34.6 Å². The molecule has 0 saturated carbocycles. The van der Waals surface area contributed by atoms with E-state index in [1.54, 1.807) is 39.8 Å². The predicted octanol–water partition coefficient (Wildman–Crippen LogP) is 1.90. The molecule has 5 heteroatoms. The van der Waals surface area contributed by atoms with Gasteiger partial charge in [0.25, 0.3) is 0 Å². The van der Waals surface area contributed by atoms with Crippen LogP contribution in [-0.2, 0) is 14.6 Å². The second-order valence-electron chi connectivity index (χ2n) is 5.12. The minimum atomic E-state index is -3.27. The SMILES string of the molecule is CC(=O)/C(C)=C/C(C)=C/C(C)S(=O)(=O)C[C@@H](C)CO. The molecule has 4 nitrogen and oxygen atoms in total. The highest BCUT2D eigenvalue weighted by atomic mass is 32.2. The molecule has 2 atom stereocenters. The van der Waals surface area contributed by atoms with Crippen molar-refractivity contribution in [3.05, 3.63) is 23.3 Å². The molecule has 0 aromatic rings. The molecule has 0 aliphatic rings. The summed E-state index contributed by atoms with van der Waals surface area (Å²) in [5, 5.41) is 8.29. The minimum Gasteiger partial charge on any atom is -0.396 e. The highest BCUT2D eigenvalue weighted by Gasteiger charge is 2.21. The smallest absolute Gasteiger partial charge is 0.156 e. The van der Waals surface area contributed by atoms with Gasteiger partial charge in [-0.05, 0) is 39.2 Å². The van der Waals surface area contributed by atoms with Crippen molar-refractivity contribution in [2.24, 2.45) is 5.92 Å². The highest BCUT2D eigenvalue weighted by molar-refractivity contribution is 7.92. The Hall–Kier alpha value is -0.940. The van der Waals surface area contributed by atoms with Crippen LogP contribution < -0.4 is 0 Å². The Bertz CT molecular complexity index is 472. The summed E-state index contributed by atoms with van der Waals surface area (Å²) < 4.78 is 24.0. The lowest BCUT2D eigenvalue weighted by Crippen LogP contribution is -2.24. The van der Waals surface area contributed by atoms with E-state index in [1.807, 2.05) is 0 Å². The summed E-state index contributed by atoms with van der Waals surface area (Å²) in [5.41, 5.74) is 1.35. The first-order chi connectivity index (χ1) is 8.60. The van der Waals surface area contributed by atoms with E-state index < -0.39 is 15.1 Å². The van der Waals surface area contributed by atoms with Crippen molar-refractivity contribution in [2.45, 2.75) is 39.9 Å². The third-order valence-corrected chi connectivity index (χ3v) is 5.19. The van der Waals surface area contributed by atoms with Crippen molar-refractivity contribution < 1.29 is 18.3 Å². The Morgan fingerprint density at radius 3 is 2.16 bits per heavy atom. The molecule has 19 heavy (non-hydrogen) atoms. The van der Waals surface area contributed by atoms with Crippen molar-refractivity contribution in [1.82, 2.24) is 0 Å². The summed E-state index contributed by atoms with van der Waals surface area (Å²) >= 11 is 0. The van der Waals surface area contributed by atoms with Crippen LogP contribution >= 0.6 is 0 Å². The Kier molecular flexibility index (Phi) is 7.23. The second kappa shape index (κ2) is 7.60. The van der Waals surface area contributed by atoms with E-state index in [4.69, 9.17) is 5.11 Å². The second-order valence-corrected chi connectivity index (χ2v) is 7.52. The Morgan fingerprint density at radius 1 is 1.21 bits per heavy atom. The molecule has 0 aliphatic carbocycles. The van der Waals surface area contributed by atoms with Crippen LogP contribution in [0.3, 0.4) is 0 Å². The van der Waals surface area contributed by atoms with E-state index in [-0.39, 0.29) is 24.1 Å². The number of hydrogen-bond donors (Lipinski definition) is 1. The van der Waals surface area contributed by atoms with Crippen LogP contribution in [0.4, 0.5) is 0 Å². The third kappa shape index (κ3) is 6.68. The molecule has 110 valence electrons. The van der Waals surface area contributed by atoms with Crippen LogP contribution in [0.5, 0.6) is 0 Å². The zero-order valence-electron chi connectivity index (χ0n) is 12.3. The van der Waals surface area contributed by atoms with Crippen LogP contribution in [-0.4, -0.2) is 36.9 Å². The Morgan fingerprint density at radius 2 is 1.74 bits per heavy atom. The quantitative estimate of drug-likeness (QED) is 0.573. The lowest BCUT2D eigenvalue weighted by atomic mass is 10.1. The van der Waals surface area contributed by atoms with Gasteiger partial charge in [0.2, 0.25) is 0 Å². The van der Waals surface area contributed by atoms with Crippen LogP contribution in [0, 0.1) is 5.92 Å². The molecule has 0 amide bonds. The van der Waals surface area contributed by atoms with Gasteiger partial charge in [0.1, 0.15) is 0 Å². The Balaban J connectivity index is 4.98. The van der Waals surface area contributed by atoms with E-state index in [0.717, 1.165) is 5.57 Å². The van der Waals surface area contributed by atoms with Gasteiger partial charge in [-0.25, -0.2) is 8.42 Å². The standard InChI is InChI=1S/C14H24O4S/c1-10(6-12(3)14(5)16)7-13(4)19(17,18)9-11(2)8-15/h6-7,11,13,15H,8-9H2,1-5H3/b10-7+,12-6+/t11-,13?/m0/s1. The molecule has 0 fully saturated rings. The summed E-state index contributed by atoms with van der Waals surface area (Å²) in [6.45, 7) is 8.11. The first-order valence-electron chi connectivity index (χ1n) is 6.30. The van der Waals surface area contributed by atoms with Crippen molar-refractivity contribution >= 4 is 15.6 Å². The molecular weight excluding hydrogens is 264 g/mol. The molecule has 0 heterocycles. The molecule has 1 unspecified atom stereocenters. The fourth-order valence-electron chi connectivity index (χ4n) is 1.57. The van der Waals surface area contributed by atoms with Gasteiger partial charge in [0.15, 0.2) is 15.6 Å². The number of rotatable bonds is 7. The molecule has 0 aromatic carbocycles. The third-order valence-electron chi connectivity index (χ3n) is 2.89. The van der Waals surface area contributed by atoms with Crippen LogP contribution in [0.15, 0.2) is 23.3 Å². The summed E-state index contributed by atoms with van der Waals surface area (Å²) in [7, 11) is -3.27. The molecule has 0 spiro atoms. The number of carbonyl (C=O) groups excluding carboxylic acids is 1. The van der Waals surface area contributed by atoms with Gasteiger partial charge in [-0.15, -0.1) is 0 Å². The average molecular weight is 288 g/mol. The fourth-order valence-corrected chi connectivity index (χ4v) is 3.19. The summed E-state index contributed by atoms with van der Waals surface area (Å²) in [5.74, 6) is -0.336. The van der Waals surface area contributed by atoms with Crippen LogP contribution in [0.25, 0.3) is 0 Å². The fraction of sp³-hybridized carbons (Fsp3) is 0.643. The maximum Gasteiger partial charge on any atom is 0.156 e. The van der Waals surface area contributed by atoms with E-state index in [0.29, 0.717) is 5.57 Å². The van der Waals surface area contributed by atoms with Crippen molar-refractivity contribution in [3.63, 3.8) is 0 Å². The Labute approximate surface area is 116 Å². The number of carbonyl (C=O) groups is 1. The van der Waals surface area contributed by atoms with Gasteiger partial charge in [-0.3, -0.25) is 4.79 Å². The number of Topliss-reactive ketones (excluding diaryl/α,β-unsaturated/α-hetero) is 1. The van der Waals surface area contributed by atoms with Gasteiger partial charge >= 0.3 is 0 Å². The molecular formula is C14H24O4S. The summed E-state index contributed by atoms with van der Waals surface area (Å²) in [6.07, 6.45) is 3.32. The largest absolute Gasteiger partial charge is 0.396 e. The van der Waals surface area contributed by atoms with Crippen molar-refractivity contribution in [2.75, 3.05) is 12.4 Å². The summed E-state index contributed by atoms with van der Waals surface area (Å²) in [4.78, 5) is 11.1. The first kappa shape index (κ1) is 18.1. The van der Waals surface area contributed by atoms with E-state index in [1.165, 1.54) is 6.92 Å². The lowest BCUT2D eigenvalue weighted by molar-refractivity contribution is -0.113. The molecule has 0 bridgehead atoms. The first-order valence-corrected chi connectivity index (χ1v) is 8.01. The topological polar surface area (TPSA) is 71.4 Å². The monoisotopic (exact) mass is 288 g/mol. The van der Waals surface area contributed by atoms with E-state index in [9.17, 15) is 13.2 Å². The van der Waals surface area contributed by atoms with Gasteiger partial charge in [0, 0.05) is 6.61 Å². The molecule has 0 rings (SSSR count). The van der Waals surface area contributed by atoms with Gasteiger partial charge in [-0.1, -0.05) is 24.6 Å². The number of aliphatic hydroxyl groups excluding tert-OH is 1. The molecule has 0 saturated heterocycles. The van der Waals surface area contributed by atoms with Crippen LogP contribution in [0.2, 0.25) is 0 Å². The number of sulfone groups is 1. The van der Waals surface area contributed by atoms with E-state index >= 15 is 0 Å². The predicted molar refractivity (Wildman–Crippen MR) is 77.7 cm³/mol. The van der Waals surface area contributed by atoms with Crippen molar-refractivity contribution in [1.29, 1.82) is 0 Å². The van der Waals surface area contributed by atoms with E-state index in [2.05, 4.69) is 0 Å². The molecule has 0 radical (unpaired) electrons. The maximum atomic E-state index is 12.0. The number of hydrogen-bond acceptors (Lipinski definition) is 4. The molecule has 0 aromatic heterocycles. The highest BCUT2D eigenvalue weighted by Crippen LogP contribution is 2.12. The van der Waals surface area contributed by atoms with Gasteiger partial charge < -0.3 is 5.11 Å². The van der Waals surface area contributed by atoms with Gasteiger partial charge in [0.05, 0.1) is 11.0 Å². The van der Waals surface area contributed by atoms with Crippen molar-refractivity contribution in [3.8, 4) is 0 Å². The lowest BCUT2D eigenvalue weighted by Gasteiger charge is -2.13. The molecule has 0 aliphatic heterocycles. The number of ketones is 1. The zero-order valence-corrected chi connectivity index (χ0v) is 13.1. The minimum absolute atomic E-state index is 0.0304. The zero-order chi connectivity index (χ0) is 15.2. The summed E-state index contributed by atoms with van der Waals surface area (Å²) in [6, 6.07) is 0. The van der Waals surface area contributed by atoms with Gasteiger partial charge in [-0.2, -0.15) is 0 Å².